The topological polar surface area (TPSA) is 98.7 Å². The highest BCUT2D eigenvalue weighted by atomic mass is 35.5. The quantitative estimate of drug-likeness (QED) is 0.389. The molecule has 7 nitrogen and oxygen atoms in total. The maximum absolute atomic E-state index is 13.6. The number of aliphatic hydroxyl groups excluding tert-OH is 1. The Labute approximate surface area is 194 Å². The van der Waals surface area contributed by atoms with Crippen molar-refractivity contribution in [3.8, 4) is 0 Å². The van der Waals surface area contributed by atoms with Crippen LogP contribution < -0.4 is 10.6 Å². The summed E-state index contributed by atoms with van der Waals surface area (Å²) in [6.45, 7) is 2.44. The Balaban J connectivity index is 1.94. The van der Waals surface area contributed by atoms with Crippen molar-refractivity contribution in [2.75, 3.05) is 25.5 Å². The molecule has 32 heavy (non-hydrogen) atoms. The average Bonchev–Trinajstić information content (AvgIpc) is 3.07. The van der Waals surface area contributed by atoms with Gasteiger partial charge in [-0.3, -0.25) is 14.4 Å². The number of nitrogens with one attached hydrogen (secondary N) is 2. The van der Waals surface area contributed by atoms with Crippen LogP contribution in [0, 0.1) is 23.7 Å². The number of anilines is 1. The summed E-state index contributed by atoms with van der Waals surface area (Å²) in [5, 5.41) is 15.4. The number of hydrogen-bond acceptors (Lipinski definition) is 4. The minimum absolute atomic E-state index is 0.0237. The summed E-state index contributed by atoms with van der Waals surface area (Å²) >= 11 is 5.95. The third-order valence-electron chi connectivity index (χ3n) is 6.47. The van der Waals surface area contributed by atoms with Crippen LogP contribution in [0.2, 0.25) is 5.02 Å². The second kappa shape index (κ2) is 11.0. The highest BCUT2D eigenvalue weighted by Crippen LogP contribution is 2.45. The lowest BCUT2D eigenvalue weighted by atomic mass is 9.68. The van der Waals surface area contributed by atoms with Gasteiger partial charge in [-0.2, -0.15) is 0 Å². The van der Waals surface area contributed by atoms with E-state index in [1.54, 1.807) is 36.2 Å². The van der Waals surface area contributed by atoms with Crippen LogP contribution in [0.4, 0.5) is 5.69 Å². The molecule has 0 spiro atoms. The Bertz CT molecular complexity index is 857. The van der Waals surface area contributed by atoms with E-state index in [4.69, 9.17) is 11.6 Å². The van der Waals surface area contributed by atoms with Crippen LogP contribution in [0.25, 0.3) is 0 Å². The summed E-state index contributed by atoms with van der Waals surface area (Å²) in [6, 6.07) is 6.09. The second-order valence-electron chi connectivity index (χ2n) is 8.48. The Morgan fingerprint density at radius 3 is 2.47 bits per heavy atom. The van der Waals surface area contributed by atoms with E-state index < -0.39 is 17.9 Å². The van der Waals surface area contributed by atoms with Crippen LogP contribution in [0.5, 0.6) is 0 Å². The van der Waals surface area contributed by atoms with Gasteiger partial charge in [-0.25, -0.2) is 0 Å². The van der Waals surface area contributed by atoms with E-state index in [0.29, 0.717) is 30.1 Å². The zero-order valence-corrected chi connectivity index (χ0v) is 19.3. The molecule has 0 radical (unpaired) electrons. The molecule has 1 heterocycles. The summed E-state index contributed by atoms with van der Waals surface area (Å²) in [4.78, 5) is 41.4. The Kier molecular flexibility index (Phi) is 8.32. The minimum Gasteiger partial charge on any atom is -0.396 e. The van der Waals surface area contributed by atoms with Gasteiger partial charge in [-0.1, -0.05) is 37.1 Å². The number of halogens is 1. The smallest absolute Gasteiger partial charge is 0.247 e. The number of aliphatic hydroxyl groups is 1. The molecule has 1 saturated heterocycles. The van der Waals surface area contributed by atoms with Gasteiger partial charge in [0.05, 0.1) is 11.8 Å². The number of likely N-dealkylation sites (tertiary alicyclic amines) is 1. The van der Waals surface area contributed by atoms with E-state index in [1.165, 1.54) is 0 Å². The number of amides is 3. The Morgan fingerprint density at radius 2 is 1.84 bits per heavy atom. The van der Waals surface area contributed by atoms with Crippen molar-refractivity contribution in [3.05, 3.63) is 41.4 Å². The number of unbranched alkanes of at least 4 members (excludes halogenated alkanes) is 1. The first-order valence-electron chi connectivity index (χ1n) is 11.3. The molecule has 1 aromatic rings. The van der Waals surface area contributed by atoms with Crippen LogP contribution >= 0.6 is 11.6 Å². The van der Waals surface area contributed by atoms with Crippen LogP contribution in [0.1, 0.15) is 32.6 Å². The van der Waals surface area contributed by atoms with E-state index in [0.717, 1.165) is 12.8 Å². The zero-order chi connectivity index (χ0) is 23.3. The lowest BCUT2D eigenvalue weighted by Gasteiger charge is -2.34. The standard InChI is InChI=1S/C24H32ClN3O4/c1-3-6-15-7-12-18-20(19(15)22(30)26-2)24(32)28(13-4-5-14-29)21(18)23(31)27-17-10-8-16(25)9-11-17/h7-12,15,18-21,29H,3-6,13-14H2,1-2H3,(H,26,30)(H,27,31)/t15-,18+,19-,20-,21+/m1/s1. The highest BCUT2D eigenvalue weighted by Gasteiger charge is 2.56. The molecule has 5 atom stereocenters. The number of benzene rings is 1. The molecule has 1 aliphatic heterocycles. The van der Waals surface area contributed by atoms with Gasteiger partial charge in [0.2, 0.25) is 17.7 Å². The molecule has 3 N–H and O–H groups in total. The molecule has 0 aromatic heterocycles. The van der Waals surface area contributed by atoms with Gasteiger partial charge in [0.25, 0.3) is 0 Å². The summed E-state index contributed by atoms with van der Waals surface area (Å²) in [6.07, 6.45) is 6.79. The Hall–Kier alpha value is -2.38. The summed E-state index contributed by atoms with van der Waals surface area (Å²) in [5.74, 6) is -2.12. The SMILES string of the molecule is CCC[C@@H]1C=C[C@H]2[C@@H](C(=O)N(CCCCO)[C@@H]2C(=O)Nc2ccc(Cl)cc2)[C@@H]1C(=O)NC. The van der Waals surface area contributed by atoms with E-state index in [2.05, 4.69) is 17.6 Å². The number of allylic oxidation sites excluding steroid dienone is 1. The van der Waals surface area contributed by atoms with Gasteiger partial charge >= 0.3 is 0 Å². The Morgan fingerprint density at radius 1 is 1.12 bits per heavy atom. The molecule has 1 aromatic carbocycles. The van der Waals surface area contributed by atoms with Gasteiger partial charge in [-0.05, 0) is 49.4 Å². The number of nitrogens with zero attached hydrogens (tertiary/aromatic N) is 1. The van der Waals surface area contributed by atoms with Crippen LogP contribution in [0.3, 0.4) is 0 Å². The molecule has 3 amide bonds. The predicted molar refractivity (Wildman–Crippen MR) is 124 cm³/mol. The van der Waals surface area contributed by atoms with Gasteiger partial charge in [-0.15, -0.1) is 0 Å². The van der Waals surface area contributed by atoms with Gasteiger partial charge < -0.3 is 20.6 Å². The van der Waals surface area contributed by atoms with Crippen molar-refractivity contribution >= 4 is 35.0 Å². The number of hydrogen-bond donors (Lipinski definition) is 3. The van der Waals surface area contributed by atoms with Crippen molar-refractivity contribution in [1.29, 1.82) is 0 Å². The van der Waals surface area contributed by atoms with E-state index in [9.17, 15) is 19.5 Å². The molecule has 1 fully saturated rings. The van der Waals surface area contributed by atoms with Crippen molar-refractivity contribution in [3.63, 3.8) is 0 Å². The fourth-order valence-electron chi connectivity index (χ4n) is 5.01. The maximum atomic E-state index is 13.6. The molecular formula is C24H32ClN3O4. The molecule has 174 valence electrons. The molecule has 0 unspecified atom stereocenters. The largest absolute Gasteiger partial charge is 0.396 e. The van der Waals surface area contributed by atoms with Gasteiger partial charge in [0.1, 0.15) is 6.04 Å². The van der Waals surface area contributed by atoms with Crippen LogP contribution in [-0.2, 0) is 14.4 Å². The molecule has 2 aliphatic rings. The molecule has 0 saturated carbocycles. The molecular weight excluding hydrogens is 430 g/mol. The normalized spacial score (nSPS) is 26.7. The first kappa shape index (κ1) is 24.3. The van der Waals surface area contributed by atoms with Gasteiger partial charge in [0.15, 0.2) is 0 Å². The first-order chi connectivity index (χ1) is 15.4. The van der Waals surface area contributed by atoms with Crippen molar-refractivity contribution in [2.24, 2.45) is 23.7 Å². The predicted octanol–water partition coefficient (Wildman–Crippen LogP) is 2.84. The fourth-order valence-corrected chi connectivity index (χ4v) is 5.14. The van der Waals surface area contributed by atoms with Gasteiger partial charge in [0, 0.05) is 36.8 Å². The van der Waals surface area contributed by atoms with Crippen molar-refractivity contribution in [2.45, 2.75) is 38.6 Å². The van der Waals surface area contributed by atoms with E-state index >= 15 is 0 Å². The number of carbonyl (C=O) groups excluding carboxylic acids is 3. The number of fused-ring (bicyclic) bond motifs is 1. The van der Waals surface area contributed by atoms with Crippen LogP contribution in [-0.4, -0.2) is 54.0 Å². The highest BCUT2D eigenvalue weighted by molar-refractivity contribution is 6.30. The molecule has 0 bridgehead atoms. The van der Waals surface area contributed by atoms with Crippen molar-refractivity contribution in [1.82, 2.24) is 10.2 Å². The first-order valence-corrected chi connectivity index (χ1v) is 11.7. The fraction of sp³-hybridized carbons (Fsp3) is 0.542. The molecule has 1 aliphatic carbocycles. The van der Waals surface area contributed by atoms with E-state index in [1.807, 2.05) is 12.2 Å². The van der Waals surface area contributed by atoms with Crippen molar-refractivity contribution < 1.29 is 19.5 Å². The van der Waals surface area contributed by atoms with Crippen LogP contribution in [0.15, 0.2) is 36.4 Å². The third-order valence-corrected chi connectivity index (χ3v) is 6.72. The minimum atomic E-state index is -0.715. The third kappa shape index (κ3) is 4.99. The summed E-state index contributed by atoms with van der Waals surface area (Å²) in [5.41, 5.74) is 0.595. The van der Waals surface area contributed by atoms with E-state index in [-0.39, 0.29) is 36.2 Å². The number of rotatable bonds is 9. The monoisotopic (exact) mass is 461 g/mol. The molecule has 8 heteroatoms. The lowest BCUT2D eigenvalue weighted by molar-refractivity contribution is -0.140. The zero-order valence-electron chi connectivity index (χ0n) is 18.6. The summed E-state index contributed by atoms with van der Waals surface area (Å²) in [7, 11) is 1.59. The lowest BCUT2D eigenvalue weighted by Crippen LogP contribution is -2.45. The molecule has 3 rings (SSSR count). The maximum Gasteiger partial charge on any atom is 0.247 e. The average molecular weight is 462 g/mol. The second-order valence-corrected chi connectivity index (χ2v) is 8.92. The summed E-state index contributed by atoms with van der Waals surface area (Å²) < 4.78 is 0. The number of carbonyl (C=O) groups is 3.